The molecule has 0 heterocycles. The van der Waals surface area contributed by atoms with E-state index in [4.69, 9.17) is 9.47 Å². The van der Waals surface area contributed by atoms with Crippen LogP contribution in [0.15, 0.2) is 72.8 Å². The van der Waals surface area contributed by atoms with Crippen LogP contribution in [-0.4, -0.2) is 47.9 Å². The van der Waals surface area contributed by atoms with Gasteiger partial charge in [-0.05, 0) is 30.5 Å². The predicted octanol–water partition coefficient (Wildman–Crippen LogP) is 4.85. The highest BCUT2D eigenvalue weighted by Gasteiger charge is 2.30. The monoisotopic (exact) mass is 533 g/mol. The van der Waals surface area contributed by atoms with Crippen molar-refractivity contribution in [3.05, 3.63) is 99.6 Å². The largest absolute Gasteiger partial charge is 0.490 e. The van der Waals surface area contributed by atoms with Crippen LogP contribution in [0.4, 0.5) is 5.69 Å². The summed E-state index contributed by atoms with van der Waals surface area (Å²) in [7, 11) is 1.33. The second-order valence-electron chi connectivity index (χ2n) is 9.24. The molecule has 0 aliphatic rings. The first-order chi connectivity index (χ1) is 18.8. The predicted molar refractivity (Wildman–Crippen MR) is 149 cm³/mol. The van der Waals surface area contributed by atoms with E-state index in [1.165, 1.54) is 25.3 Å². The van der Waals surface area contributed by atoms with Crippen molar-refractivity contribution in [1.82, 2.24) is 10.2 Å². The molecule has 0 bridgehead atoms. The van der Waals surface area contributed by atoms with Crippen molar-refractivity contribution in [1.29, 1.82) is 0 Å². The maximum absolute atomic E-state index is 13.7. The van der Waals surface area contributed by atoms with Gasteiger partial charge in [0.25, 0.3) is 5.91 Å². The Morgan fingerprint density at radius 2 is 1.77 bits per heavy atom. The number of amides is 2. The second-order valence-corrected chi connectivity index (χ2v) is 9.24. The zero-order valence-corrected chi connectivity index (χ0v) is 22.6. The SMILES string of the molecule is CCCCNC(=O)C(Cc1ccccc1)N(Cc1cccc(C)c1)C(=O)COc1ccc([N+](=O)[O-])c(OC)c1. The van der Waals surface area contributed by atoms with Crippen LogP contribution in [0, 0.1) is 17.0 Å². The number of nitrogens with one attached hydrogen (secondary N) is 1. The van der Waals surface area contributed by atoms with Crippen LogP contribution in [0.2, 0.25) is 0 Å². The summed E-state index contributed by atoms with van der Waals surface area (Å²) in [6.45, 7) is 4.39. The summed E-state index contributed by atoms with van der Waals surface area (Å²) in [6, 6.07) is 20.6. The number of nitrogens with zero attached hydrogens (tertiary/aromatic N) is 2. The van der Waals surface area contributed by atoms with Crippen LogP contribution in [-0.2, 0) is 22.6 Å². The Balaban J connectivity index is 1.90. The van der Waals surface area contributed by atoms with Gasteiger partial charge in [0.2, 0.25) is 11.7 Å². The Morgan fingerprint density at radius 1 is 1.03 bits per heavy atom. The molecule has 3 rings (SSSR count). The molecule has 0 saturated heterocycles. The van der Waals surface area contributed by atoms with Crippen LogP contribution < -0.4 is 14.8 Å². The Bertz CT molecular complexity index is 1260. The number of aryl methyl sites for hydroxylation is 1. The molecular formula is C30H35N3O6. The number of nitro benzene ring substituents is 1. The maximum atomic E-state index is 13.7. The summed E-state index contributed by atoms with van der Waals surface area (Å²) in [5, 5.41) is 14.2. The quantitative estimate of drug-likeness (QED) is 0.180. The number of nitro groups is 1. The molecule has 0 saturated carbocycles. The Hall–Kier alpha value is -4.40. The fourth-order valence-corrected chi connectivity index (χ4v) is 4.19. The van der Waals surface area contributed by atoms with Gasteiger partial charge in [0.1, 0.15) is 11.8 Å². The van der Waals surface area contributed by atoms with Gasteiger partial charge in [-0.25, -0.2) is 0 Å². The lowest BCUT2D eigenvalue weighted by Gasteiger charge is -2.31. The third-order valence-corrected chi connectivity index (χ3v) is 6.25. The van der Waals surface area contributed by atoms with Crippen molar-refractivity contribution in [2.24, 2.45) is 0 Å². The van der Waals surface area contributed by atoms with Gasteiger partial charge < -0.3 is 19.7 Å². The Labute approximate surface area is 228 Å². The highest BCUT2D eigenvalue weighted by atomic mass is 16.6. The third kappa shape index (κ3) is 8.56. The van der Waals surface area contributed by atoms with Gasteiger partial charge in [-0.3, -0.25) is 19.7 Å². The zero-order chi connectivity index (χ0) is 28.2. The van der Waals surface area contributed by atoms with Gasteiger partial charge in [0.15, 0.2) is 6.61 Å². The van der Waals surface area contributed by atoms with Crippen molar-refractivity contribution in [2.45, 2.75) is 45.7 Å². The van der Waals surface area contributed by atoms with E-state index < -0.39 is 11.0 Å². The first-order valence-corrected chi connectivity index (χ1v) is 12.9. The Kier molecular flexibility index (Phi) is 10.9. The van der Waals surface area contributed by atoms with Gasteiger partial charge in [0, 0.05) is 31.6 Å². The molecule has 9 nitrogen and oxygen atoms in total. The molecule has 0 radical (unpaired) electrons. The lowest BCUT2D eigenvalue weighted by Crippen LogP contribution is -2.51. The van der Waals surface area contributed by atoms with Gasteiger partial charge in [-0.15, -0.1) is 0 Å². The molecular weight excluding hydrogens is 498 g/mol. The average molecular weight is 534 g/mol. The lowest BCUT2D eigenvalue weighted by molar-refractivity contribution is -0.385. The summed E-state index contributed by atoms with van der Waals surface area (Å²) < 4.78 is 10.8. The van der Waals surface area contributed by atoms with E-state index in [9.17, 15) is 19.7 Å². The second kappa shape index (κ2) is 14.5. The molecule has 1 atom stereocenters. The number of carbonyl (C=O) groups excluding carboxylic acids is 2. The van der Waals surface area contributed by atoms with E-state index >= 15 is 0 Å². The summed E-state index contributed by atoms with van der Waals surface area (Å²) in [5.74, 6) is -0.349. The fourth-order valence-electron chi connectivity index (χ4n) is 4.19. The van der Waals surface area contributed by atoms with Crippen LogP contribution in [0.1, 0.15) is 36.5 Å². The normalized spacial score (nSPS) is 11.4. The summed E-state index contributed by atoms with van der Waals surface area (Å²) in [4.78, 5) is 39.3. The molecule has 1 N–H and O–H groups in total. The van der Waals surface area contributed by atoms with Gasteiger partial charge in [0.05, 0.1) is 12.0 Å². The summed E-state index contributed by atoms with van der Waals surface area (Å²) in [5.41, 5.74) is 2.65. The number of rotatable bonds is 14. The zero-order valence-electron chi connectivity index (χ0n) is 22.6. The molecule has 0 fully saturated rings. The van der Waals surface area contributed by atoms with Crippen molar-refractivity contribution in [3.8, 4) is 11.5 Å². The maximum Gasteiger partial charge on any atom is 0.311 e. The fraction of sp³-hybridized carbons (Fsp3) is 0.333. The summed E-state index contributed by atoms with van der Waals surface area (Å²) in [6.07, 6.45) is 2.10. The van der Waals surface area contributed by atoms with Crippen molar-refractivity contribution >= 4 is 17.5 Å². The molecule has 0 aliphatic carbocycles. The number of methoxy groups -OCH3 is 1. The molecule has 0 aromatic heterocycles. The van der Waals surface area contributed by atoms with Crippen LogP contribution >= 0.6 is 0 Å². The molecule has 1 unspecified atom stereocenters. The van der Waals surface area contributed by atoms with E-state index in [1.54, 1.807) is 4.90 Å². The molecule has 9 heteroatoms. The Morgan fingerprint density at radius 3 is 2.44 bits per heavy atom. The smallest absolute Gasteiger partial charge is 0.311 e. The summed E-state index contributed by atoms with van der Waals surface area (Å²) >= 11 is 0. The van der Waals surface area contributed by atoms with Gasteiger partial charge in [-0.1, -0.05) is 73.5 Å². The minimum absolute atomic E-state index is 0.0267. The van der Waals surface area contributed by atoms with Crippen molar-refractivity contribution in [3.63, 3.8) is 0 Å². The van der Waals surface area contributed by atoms with E-state index in [0.717, 1.165) is 29.5 Å². The first-order valence-electron chi connectivity index (χ1n) is 12.9. The van der Waals surface area contributed by atoms with E-state index in [-0.39, 0.29) is 42.2 Å². The molecule has 3 aromatic rings. The molecule has 2 amide bonds. The van der Waals surface area contributed by atoms with Crippen molar-refractivity contribution < 1.29 is 24.0 Å². The highest BCUT2D eigenvalue weighted by Crippen LogP contribution is 2.30. The average Bonchev–Trinajstić information content (AvgIpc) is 2.94. The lowest BCUT2D eigenvalue weighted by atomic mass is 10.0. The minimum atomic E-state index is -0.771. The minimum Gasteiger partial charge on any atom is -0.490 e. The number of unbranched alkanes of at least 4 members (excludes halogenated alkanes) is 1. The number of ether oxygens (including phenoxy) is 2. The topological polar surface area (TPSA) is 111 Å². The highest BCUT2D eigenvalue weighted by molar-refractivity contribution is 5.88. The standard InChI is InChI=1S/C30H35N3O6/c1-4-5-16-31-30(35)27(18-23-11-7-6-8-12-23)32(20-24-13-9-10-22(2)17-24)29(34)21-39-25-14-15-26(33(36)37)28(19-25)38-3/h6-15,17,19,27H,4-5,16,18,20-21H2,1-3H3,(H,31,35). The van der Waals surface area contributed by atoms with E-state index in [1.807, 2.05) is 68.4 Å². The van der Waals surface area contributed by atoms with Gasteiger partial charge >= 0.3 is 5.69 Å². The molecule has 206 valence electrons. The number of hydrogen-bond donors (Lipinski definition) is 1. The van der Waals surface area contributed by atoms with E-state index in [2.05, 4.69) is 5.32 Å². The first kappa shape index (κ1) is 29.2. The van der Waals surface area contributed by atoms with Crippen LogP contribution in [0.5, 0.6) is 11.5 Å². The van der Waals surface area contributed by atoms with Gasteiger partial charge in [-0.2, -0.15) is 0 Å². The number of hydrogen-bond acceptors (Lipinski definition) is 6. The van der Waals surface area contributed by atoms with Crippen LogP contribution in [0.25, 0.3) is 0 Å². The van der Waals surface area contributed by atoms with Crippen molar-refractivity contribution in [2.75, 3.05) is 20.3 Å². The molecule has 0 aliphatic heterocycles. The molecule has 0 spiro atoms. The molecule has 3 aromatic carbocycles. The molecule has 39 heavy (non-hydrogen) atoms. The van der Waals surface area contributed by atoms with E-state index in [0.29, 0.717) is 13.0 Å². The third-order valence-electron chi connectivity index (χ3n) is 6.25. The number of carbonyl (C=O) groups is 2. The number of benzene rings is 3. The van der Waals surface area contributed by atoms with Crippen LogP contribution in [0.3, 0.4) is 0 Å².